The van der Waals surface area contributed by atoms with Gasteiger partial charge in [0, 0.05) is 30.5 Å². The van der Waals surface area contributed by atoms with Gasteiger partial charge in [0.2, 0.25) is 17.7 Å². The molecule has 1 saturated heterocycles. The van der Waals surface area contributed by atoms with E-state index in [4.69, 9.17) is 4.74 Å². The zero-order chi connectivity index (χ0) is 14.8. The summed E-state index contributed by atoms with van der Waals surface area (Å²) in [5, 5.41) is 2.51. The van der Waals surface area contributed by atoms with Crippen molar-refractivity contribution in [1.29, 1.82) is 0 Å². The lowest BCUT2D eigenvalue weighted by atomic mass is 9.73. The molecule has 1 aliphatic carbocycles. The van der Waals surface area contributed by atoms with Crippen molar-refractivity contribution < 1.29 is 14.3 Å². The molecule has 0 radical (unpaired) electrons. The third kappa shape index (κ3) is 2.77. The van der Waals surface area contributed by atoms with Gasteiger partial charge in [-0.05, 0) is 24.3 Å². The van der Waals surface area contributed by atoms with E-state index in [9.17, 15) is 9.59 Å². The number of amides is 2. The molecule has 2 fully saturated rings. The number of hydrogen-bond donors (Lipinski definition) is 1. The summed E-state index contributed by atoms with van der Waals surface area (Å²) in [7, 11) is 1.57. The third-order valence-electron chi connectivity index (χ3n) is 4.71. The SMILES string of the molecule is COc1ccc(C2CC(=O)NC(=O)C2C2CCCC2)cn1. The molecule has 1 aromatic heterocycles. The van der Waals surface area contributed by atoms with Crippen LogP contribution >= 0.6 is 0 Å². The van der Waals surface area contributed by atoms with Crippen molar-refractivity contribution in [3.05, 3.63) is 23.9 Å². The average Bonchev–Trinajstić information content (AvgIpc) is 3.00. The maximum atomic E-state index is 12.3. The lowest BCUT2D eigenvalue weighted by molar-refractivity contribution is -0.138. The lowest BCUT2D eigenvalue weighted by Crippen LogP contribution is -2.47. The molecule has 112 valence electrons. The van der Waals surface area contributed by atoms with Crippen molar-refractivity contribution >= 4 is 11.8 Å². The number of ether oxygens (including phenoxy) is 1. The van der Waals surface area contributed by atoms with E-state index < -0.39 is 0 Å². The molecule has 2 unspecified atom stereocenters. The monoisotopic (exact) mass is 288 g/mol. The Morgan fingerprint density at radius 2 is 2.00 bits per heavy atom. The Morgan fingerprint density at radius 1 is 1.24 bits per heavy atom. The van der Waals surface area contributed by atoms with E-state index >= 15 is 0 Å². The third-order valence-corrected chi connectivity index (χ3v) is 4.71. The Labute approximate surface area is 124 Å². The summed E-state index contributed by atoms with van der Waals surface area (Å²) in [4.78, 5) is 28.3. The fourth-order valence-electron chi connectivity index (χ4n) is 3.70. The molecule has 0 bridgehead atoms. The van der Waals surface area contributed by atoms with Gasteiger partial charge in [-0.3, -0.25) is 14.9 Å². The van der Waals surface area contributed by atoms with Gasteiger partial charge in [-0.15, -0.1) is 0 Å². The van der Waals surface area contributed by atoms with Gasteiger partial charge in [0.1, 0.15) is 0 Å². The first kappa shape index (κ1) is 14.0. The fourth-order valence-corrected chi connectivity index (χ4v) is 3.70. The molecular formula is C16H20N2O3. The molecular weight excluding hydrogens is 268 g/mol. The predicted molar refractivity (Wildman–Crippen MR) is 76.7 cm³/mol. The Bertz CT molecular complexity index is 535. The quantitative estimate of drug-likeness (QED) is 0.864. The Balaban J connectivity index is 1.90. The van der Waals surface area contributed by atoms with Crippen LogP contribution in [-0.2, 0) is 9.59 Å². The highest BCUT2D eigenvalue weighted by molar-refractivity contribution is 6.00. The van der Waals surface area contributed by atoms with Gasteiger partial charge in [-0.1, -0.05) is 18.9 Å². The van der Waals surface area contributed by atoms with Crippen LogP contribution in [0.1, 0.15) is 43.6 Å². The first-order valence-electron chi connectivity index (χ1n) is 7.52. The fraction of sp³-hybridized carbons (Fsp3) is 0.562. The largest absolute Gasteiger partial charge is 0.481 e. The number of carbonyl (C=O) groups is 2. The maximum absolute atomic E-state index is 12.3. The minimum absolute atomic E-state index is 0.0623. The molecule has 2 aliphatic rings. The number of aromatic nitrogens is 1. The second kappa shape index (κ2) is 5.84. The van der Waals surface area contributed by atoms with E-state index in [-0.39, 0.29) is 23.7 Å². The minimum atomic E-state index is -0.185. The zero-order valence-corrected chi connectivity index (χ0v) is 12.2. The van der Waals surface area contributed by atoms with Gasteiger partial charge < -0.3 is 4.74 Å². The first-order valence-corrected chi connectivity index (χ1v) is 7.52. The van der Waals surface area contributed by atoms with E-state index in [0.717, 1.165) is 18.4 Å². The van der Waals surface area contributed by atoms with Gasteiger partial charge in [0.05, 0.1) is 7.11 Å². The number of rotatable bonds is 3. The number of nitrogens with one attached hydrogen (secondary N) is 1. The molecule has 1 saturated carbocycles. The van der Waals surface area contributed by atoms with Crippen molar-refractivity contribution in [1.82, 2.24) is 10.3 Å². The minimum Gasteiger partial charge on any atom is -0.481 e. The second-order valence-electron chi connectivity index (χ2n) is 5.93. The highest BCUT2D eigenvalue weighted by Crippen LogP contribution is 2.42. The van der Waals surface area contributed by atoms with Crippen LogP contribution in [0, 0.1) is 11.8 Å². The first-order chi connectivity index (χ1) is 10.2. The molecule has 2 heterocycles. The van der Waals surface area contributed by atoms with Crippen LogP contribution in [0.15, 0.2) is 18.3 Å². The van der Waals surface area contributed by atoms with Crippen LogP contribution < -0.4 is 10.1 Å². The van der Waals surface area contributed by atoms with Gasteiger partial charge in [-0.25, -0.2) is 4.98 Å². The van der Waals surface area contributed by atoms with Crippen molar-refractivity contribution in [2.24, 2.45) is 11.8 Å². The molecule has 0 aromatic carbocycles. The number of carbonyl (C=O) groups excluding carboxylic acids is 2. The van der Waals surface area contributed by atoms with E-state index in [1.54, 1.807) is 19.4 Å². The summed E-state index contributed by atoms with van der Waals surface area (Å²) in [6.07, 6.45) is 6.60. The molecule has 5 nitrogen and oxygen atoms in total. The van der Waals surface area contributed by atoms with Crippen LogP contribution in [0.5, 0.6) is 5.88 Å². The Morgan fingerprint density at radius 3 is 2.62 bits per heavy atom. The summed E-state index contributed by atoms with van der Waals surface area (Å²) in [5.74, 6) is 0.454. The van der Waals surface area contributed by atoms with Crippen molar-refractivity contribution in [2.75, 3.05) is 7.11 Å². The molecule has 2 amide bonds. The number of pyridine rings is 1. The smallest absolute Gasteiger partial charge is 0.230 e. The van der Waals surface area contributed by atoms with Gasteiger partial charge in [0.15, 0.2) is 0 Å². The highest BCUT2D eigenvalue weighted by atomic mass is 16.5. The van der Waals surface area contributed by atoms with E-state index in [1.165, 1.54) is 12.8 Å². The van der Waals surface area contributed by atoms with Crippen molar-refractivity contribution in [2.45, 2.75) is 38.0 Å². The molecule has 3 rings (SSSR count). The molecule has 1 aromatic rings. The zero-order valence-electron chi connectivity index (χ0n) is 12.2. The van der Waals surface area contributed by atoms with Gasteiger partial charge in [0.25, 0.3) is 0 Å². The Hall–Kier alpha value is -1.91. The van der Waals surface area contributed by atoms with E-state index in [1.807, 2.05) is 6.07 Å². The Kier molecular flexibility index (Phi) is 3.90. The summed E-state index contributed by atoms with van der Waals surface area (Å²) in [6.45, 7) is 0. The molecule has 2 atom stereocenters. The molecule has 21 heavy (non-hydrogen) atoms. The van der Waals surface area contributed by atoms with E-state index in [2.05, 4.69) is 10.3 Å². The highest BCUT2D eigenvalue weighted by Gasteiger charge is 2.42. The normalized spacial score (nSPS) is 26.7. The molecule has 0 spiro atoms. The second-order valence-corrected chi connectivity index (χ2v) is 5.93. The number of nitrogens with zero attached hydrogens (tertiary/aromatic N) is 1. The maximum Gasteiger partial charge on any atom is 0.230 e. The van der Waals surface area contributed by atoms with Crippen LogP contribution in [-0.4, -0.2) is 23.9 Å². The molecule has 1 aliphatic heterocycles. The predicted octanol–water partition coefficient (Wildman–Crippen LogP) is 2.03. The number of piperidine rings is 1. The number of hydrogen-bond acceptors (Lipinski definition) is 4. The summed E-state index contributed by atoms with van der Waals surface area (Å²) >= 11 is 0. The lowest BCUT2D eigenvalue weighted by Gasteiger charge is -2.34. The van der Waals surface area contributed by atoms with Crippen molar-refractivity contribution in [3.63, 3.8) is 0 Å². The van der Waals surface area contributed by atoms with Crippen LogP contribution in [0.3, 0.4) is 0 Å². The van der Waals surface area contributed by atoms with Crippen LogP contribution in [0.4, 0.5) is 0 Å². The summed E-state index contributed by atoms with van der Waals surface area (Å²) < 4.78 is 5.07. The van der Waals surface area contributed by atoms with Crippen LogP contribution in [0.2, 0.25) is 0 Å². The van der Waals surface area contributed by atoms with Crippen LogP contribution in [0.25, 0.3) is 0 Å². The number of imide groups is 1. The average molecular weight is 288 g/mol. The molecule has 1 N–H and O–H groups in total. The summed E-state index contributed by atoms with van der Waals surface area (Å²) in [5.41, 5.74) is 0.955. The topological polar surface area (TPSA) is 68.3 Å². The van der Waals surface area contributed by atoms with Crippen molar-refractivity contribution in [3.8, 4) is 5.88 Å². The molecule has 5 heteroatoms. The number of methoxy groups -OCH3 is 1. The standard InChI is InChI=1S/C16H20N2O3/c1-21-14-7-6-11(9-17-14)12-8-13(19)18-16(20)15(12)10-4-2-3-5-10/h6-7,9-10,12,15H,2-5,8H2,1H3,(H,18,19,20). The summed E-state index contributed by atoms with van der Waals surface area (Å²) in [6, 6.07) is 3.71. The van der Waals surface area contributed by atoms with Gasteiger partial charge >= 0.3 is 0 Å². The van der Waals surface area contributed by atoms with E-state index in [0.29, 0.717) is 18.2 Å². The van der Waals surface area contributed by atoms with Gasteiger partial charge in [-0.2, -0.15) is 0 Å².